The second-order valence-electron chi connectivity index (χ2n) is 4.38. The van der Waals surface area contributed by atoms with Gasteiger partial charge in [-0.25, -0.2) is 8.78 Å². The second-order valence-corrected chi connectivity index (χ2v) is 4.38. The maximum absolute atomic E-state index is 13.7. The zero-order valence-electron chi connectivity index (χ0n) is 10.4. The van der Waals surface area contributed by atoms with Gasteiger partial charge in [0, 0.05) is 20.2 Å². The molecule has 2 rings (SSSR count). The summed E-state index contributed by atoms with van der Waals surface area (Å²) in [4.78, 5) is 25.1. The van der Waals surface area contributed by atoms with Crippen molar-refractivity contribution in [3.05, 3.63) is 23.8 Å². The molecule has 1 N–H and O–H groups in total. The van der Waals surface area contributed by atoms with Gasteiger partial charge in [0.05, 0.1) is 12.1 Å². The van der Waals surface area contributed by atoms with Crippen LogP contribution in [0.2, 0.25) is 0 Å². The molecule has 0 aliphatic carbocycles. The normalized spacial score (nSPS) is 18.5. The van der Waals surface area contributed by atoms with Crippen LogP contribution in [-0.4, -0.2) is 37.1 Å². The first-order valence-corrected chi connectivity index (χ1v) is 5.54. The summed E-state index contributed by atoms with van der Waals surface area (Å²) in [6.45, 7) is 0. The van der Waals surface area contributed by atoms with Crippen LogP contribution in [0.4, 0.5) is 20.2 Å². The number of carboxylic acid groups (broad SMARTS) is 1. The van der Waals surface area contributed by atoms with Gasteiger partial charge in [0.25, 0.3) is 0 Å². The smallest absolute Gasteiger partial charge is 0.305 e. The topological polar surface area (TPSA) is 60.9 Å². The maximum atomic E-state index is 13.7. The Morgan fingerprint density at radius 3 is 2.58 bits per heavy atom. The monoisotopic (exact) mass is 270 g/mol. The quantitative estimate of drug-likeness (QED) is 0.877. The number of amides is 1. The number of halogens is 2. The van der Waals surface area contributed by atoms with Crippen molar-refractivity contribution in [1.29, 1.82) is 0 Å². The Morgan fingerprint density at radius 2 is 2.00 bits per heavy atom. The summed E-state index contributed by atoms with van der Waals surface area (Å²) in [5.74, 6) is -3.33. The summed E-state index contributed by atoms with van der Waals surface area (Å²) in [7, 11) is 2.78. The third-order valence-corrected chi connectivity index (χ3v) is 3.17. The first-order valence-electron chi connectivity index (χ1n) is 5.54. The molecule has 1 aromatic carbocycles. The number of carboxylic acids is 1. The van der Waals surface area contributed by atoms with Crippen LogP contribution in [0.25, 0.3) is 0 Å². The van der Waals surface area contributed by atoms with E-state index >= 15 is 0 Å². The minimum Gasteiger partial charge on any atom is -0.481 e. The highest BCUT2D eigenvalue weighted by Crippen LogP contribution is 2.37. The van der Waals surface area contributed by atoms with Crippen LogP contribution in [0.1, 0.15) is 6.42 Å². The number of rotatable bonds is 2. The van der Waals surface area contributed by atoms with Crippen LogP contribution in [0.15, 0.2) is 12.1 Å². The number of fused-ring (bicyclic) bond motifs is 1. The van der Waals surface area contributed by atoms with Crippen molar-refractivity contribution >= 4 is 23.3 Å². The lowest BCUT2D eigenvalue weighted by Gasteiger charge is -2.39. The van der Waals surface area contributed by atoms with Crippen molar-refractivity contribution < 1.29 is 23.5 Å². The molecule has 1 heterocycles. The Kier molecular flexibility index (Phi) is 3.13. The SMILES string of the molecule is CN1C(=O)C(CC(=O)O)N(C)c2cc(F)cc(F)c21. The average Bonchev–Trinajstić information content (AvgIpc) is 2.30. The molecule has 0 fully saturated rings. The van der Waals surface area contributed by atoms with Crippen LogP contribution < -0.4 is 9.80 Å². The Bertz CT molecular complexity index is 562. The highest BCUT2D eigenvalue weighted by molar-refractivity contribution is 6.06. The Balaban J connectivity index is 2.55. The summed E-state index contributed by atoms with van der Waals surface area (Å²) in [5.41, 5.74) is 0.112. The molecule has 1 amide bonds. The molecule has 0 aromatic heterocycles. The first-order chi connectivity index (χ1) is 8.82. The van der Waals surface area contributed by atoms with E-state index in [1.807, 2.05) is 0 Å². The number of aliphatic carboxylic acids is 1. The minimum atomic E-state index is -1.15. The molecular formula is C12H12F2N2O3. The molecule has 0 bridgehead atoms. The number of carbonyl (C=O) groups excluding carboxylic acids is 1. The van der Waals surface area contributed by atoms with Crippen LogP contribution in [0.3, 0.4) is 0 Å². The van der Waals surface area contributed by atoms with Gasteiger partial charge < -0.3 is 14.9 Å². The third kappa shape index (κ3) is 2.11. The number of likely N-dealkylation sites (N-methyl/N-ethyl adjacent to an activating group) is 2. The predicted octanol–water partition coefficient (Wildman–Crippen LogP) is 1.22. The summed E-state index contributed by atoms with van der Waals surface area (Å²) < 4.78 is 27.0. The zero-order chi connectivity index (χ0) is 14.3. The summed E-state index contributed by atoms with van der Waals surface area (Å²) in [6, 6.07) is 0.792. The van der Waals surface area contributed by atoms with E-state index < -0.39 is 36.0 Å². The molecule has 19 heavy (non-hydrogen) atoms. The van der Waals surface area contributed by atoms with Gasteiger partial charge in [-0.3, -0.25) is 9.59 Å². The molecule has 1 atom stereocenters. The van der Waals surface area contributed by atoms with Crippen molar-refractivity contribution in [3.63, 3.8) is 0 Å². The Labute approximate surface area is 108 Å². The van der Waals surface area contributed by atoms with Crippen molar-refractivity contribution in [2.24, 2.45) is 0 Å². The average molecular weight is 270 g/mol. The van der Waals surface area contributed by atoms with Gasteiger partial charge in [0.15, 0.2) is 5.82 Å². The van der Waals surface area contributed by atoms with Gasteiger partial charge in [0.1, 0.15) is 17.5 Å². The van der Waals surface area contributed by atoms with E-state index in [0.717, 1.165) is 11.0 Å². The molecular weight excluding hydrogens is 258 g/mol. The van der Waals surface area contributed by atoms with E-state index in [9.17, 15) is 18.4 Å². The van der Waals surface area contributed by atoms with Gasteiger partial charge in [-0.15, -0.1) is 0 Å². The Morgan fingerprint density at radius 1 is 1.37 bits per heavy atom. The van der Waals surface area contributed by atoms with Gasteiger partial charge in [-0.2, -0.15) is 0 Å². The number of carbonyl (C=O) groups is 2. The lowest BCUT2D eigenvalue weighted by Crippen LogP contribution is -2.51. The van der Waals surface area contributed by atoms with E-state index in [1.165, 1.54) is 19.0 Å². The van der Waals surface area contributed by atoms with Gasteiger partial charge in [-0.05, 0) is 6.07 Å². The van der Waals surface area contributed by atoms with Crippen LogP contribution in [0.5, 0.6) is 0 Å². The van der Waals surface area contributed by atoms with E-state index in [-0.39, 0.29) is 11.4 Å². The lowest BCUT2D eigenvalue weighted by atomic mass is 10.0. The first kappa shape index (κ1) is 13.3. The van der Waals surface area contributed by atoms with Gasteiger partial charge >= 0.3 is 5.97 Å². The molecule has 1 unspecified atom stereocenters. The molecule has 0 spiro atoms. The van der Waals surface area contributed by atoms with Gasteiger partial charge in [-0.1, -0.05) is 0 Å². The molecule has 1 aromatic rings. The van der Waals surface area contributed by atoms with Crippen molar-refractivity contribution in [1.82, 2.24) is 0 Å². The fraction of sp³-hybridized carbons (Fsp3) is 0.333. The zero-order valence-corrected chi connectivity index (χ0v) is 10.4. The van der Waals surface area contributed by atoms with E-state index in [4.69, 9.17) is 5.11 Å². The van der Waals surface area contributed by atoms with Crippen LogP contribution in [-0.2, 0) is 9.59 Å². The number of hydrogen-bond acceptors (Lipinski definition) is 3. The van der Waals surface area contributed by atoms with Crippen molar-refractivity contribution in [3.8, 4) is 0 Å². The highest BCUT2D eigenvalue weighted by Gasteiger charge is 2.37. The minimum absolute atomic E-state index is 0.0458. The number of hydrogen-bond donors (Lipinski definition) is 1. The fourth-order valence-corrected chi connectivity index (χ4v) is 2.21. The molecule has 0 radical (unpaired) electrons. The lowest BCUT2D eigenvalue weighted by molar-refractivity contribution is -0.139. The molecule has 7 heteroatoms. The van der Waals surface area contributed by atoms with Crippen molar-refractivity contribution in [2.45, 2.75) is 12.5 Å². The molecule has 0 saturated carbocycles. The molecule has 0 saturated heterocycles. The largest absolute Gasteiger partial charge is 0.481 e. The van der Waals surface area contributed by atoms with Crippen LogP contribution in [0, 0.1) is 11.6 Å². The maximum Gasteiger partial charge on any atom is 0.305 e. The standard InChI is InChI=1S/C12H12F2N2O3/c1-15-8-4-6(13)3-7(14)11(8)16(2)12(19)9(15)5-10(17)18/h3-4,9H,5H2,1-2H3,(H,17,18). The molecule has 1 aliphatic heterocycles. The number of benzene rings is 1. The van der Waals surface area contributed by atoms with E-state index in [0.29, 0.717) is 6.07 Å². The number of anilines is 2. The van der Waals surface area contributed by atoms with Crippen LogP contribution >= 0.6 is 0 Å². The summed E-state index contributed by atoms with van der Waals surface area (Å²) >= 11 is 0. The third-order valence-electron chi connectivity index (χ3n) is 3.17. The van der Waals surface area contributed by atoms with Gasteiger partial charge in [0.2, 0.25) is 5.91 Å². The second kappa shape index (κ2) is 4.49. The molecule has 1 aliphatic rings. The number of nitrogens with zero attached hydrogens (tertiary/aromatic N) is 2. The van der Waals surface area contributed by atoms with Crippen molar-refractivity contribution in [2.75, 3.05) is 23.9 Å². The highest BCUT2D eigenvalue weighted by atomic mass is 19.1. The van der Waals surface area contributed by atoms with E-state index in [1.54, 1.807) is 0 Å². The molecule has 102 valence electrons. The summed E-state index contributed by atoms with van der Waals surface area (Å²) in [6.07, 6.45) is -0.433. The van der Waals surface area contributed by atoms with E-state index in [2.05, 4.69) is 0 Å². The molecule has 5 nitrogen and oxygen atoms in total. The summed E-state index contributed by atoms with van der Waals surface area (Å²) in [5, 5.41) is 8.80. The fourth-order valence-electron chi connectivity index (χ4n) is 2.21. The predicted molar refractivity (Wildman–Crippen MR) is 64.2 cm³/mol. The Hall–Kier alpha value is -2.18.